The minimum Gasteiger partial charge on any atom is -0.344 e. The standard InChI is InChI=1S/C9H7F3NOS/c10-9(11,12)15-8-3-1-7(2-4-8)5-13-6-14/h1-4H,5H2,(H,13,14). The number of carbonyl (C=O) groups excluding carboxylic acids is 1. The maximum atomic E-state index is 11.9. The minimum atomic E-state index is -4.27. The first kappa shape index (κ1) is 11.9. The van der Waals surface area contributed by atoms with Crippen LogP contribution in [0.2, 0.25) is 0 Å². The van der Waals surface area contributed by atoms with E-state index in [1.165, 1.54) is 30.7 Å². The van der Waals surface area contributed by atoms with Gasteiger partial charge in [-0.3, -0.25) is 4.79 Å². The highest BCUT2D eigenvalue weighted by atomic mass is 32.2. The van der Waals surface area contributed by atoms with E-state index in [1.807, 2.05) is 0 Å². The van der Waals surface area contributed by atoms with Crippen LogP contribution in [0.1, 0.15) is 5.56 Å². The molecule has 1 radical (unpaired) electrons. The molecule has 1 amide bonds. The molecule has 6 heteroatoms. The fraction of sp³-hybridized carbons (Fsp3) is 0.222. The van der Waals surface area contributed by atoms with Gasteiger partial charge in [-0.25, -0.2) is 0 Å². The monoisotopic (exact) mass is 234 g/mol. The first-order valence-electron chi connectivity index (χ1n) is 3.96. The molecule has 0 saturated carbocycles. The van der Waals surface area contributed by atoms with E-state index in [4.69, 9.17) is 0 Å². The van der Waals surface area contributed by atoms with Gasteiger partial charge in [-0.1, -0.05) is 12.1 Å². The summed E-state index contributed by atoms with van der Waals surface area (Å²) in [5.74, 6) is 0. The third kappa shape index (κ3) is 4.73. The Balaban J connectivity index is 2.60. The van der Waals surface area contributed by atoms with Crippen molar-refractivity contribution in [2.24, 2.45) is 0 Å². The summed E-state index contributed by atoms with van der Waals surface area (Å²) in [5.41, 5.74) is -3.54. The molecule has 0 aliphatic carbocycles. The summed E-state index contributed by atoms with van der Waals surface area (Å²) in [5, 5.41) is 2.30. The van der Waals surface area contributed by atoms with Gasteiger partial charge in [-0.05, 0) is 29.5 Å². The lowest BCUT2D eigenvalue weighted by molar-refractivity contribution is -0.0328. The Bertz CT molecular complexity index is 323. The number of hydrogen-bond donors (Lipinski definition) is 1. The van der Waals surface area contributed by atoms with Crippen LogP contribution in [0.3, 0.4) is 0 Å². The zero-order valence-electron chi connectivity index (χ0n) is 7.47. The summed E-state index contributed by atoms with van der Waals surface area (Å²) >= 11 is -0.164. The van der Waals surface area contributed by atoms with Gasteiger partial charge in [-0.2, -0.15) is 13.2 Å². The van der Waals surface area contributed by atoms with Crippen molar-refractivity contribution in [1.29, 1.82) is 0 Å². The van der Waals surface area contributed by atoms with Crippen molar-refractivity contribution in [2.45, 2.75) is 16.9 Å². The van der Waals surface area contributed by atoms with Crippen LogP contribution in [0.4, 0.5) is 13.2 Å². The molecule has 81 valence electrons. The quantitative estimate of drug-likeness (QED) is 0.640. The number of rotatable bonds is 4. The first-order chi connectivity index (χ1) is 7.01. The molecule has 2 nitrogen and oxygen atoms in total. The number of benzene rings is 1. The van der Waals surface area contributed by atoms with E-state index in [0.717, 1.165) is 5.56 Å². The van der Waals surface area contributed by atoms with E-state index in [0.29, 0.717) is 0 Å². The van der Waals surface area contributed by atoms with Gasteiger partial charge in [0.15, 0.2) is 0 Å². The molecule has 1 aromatic rings. The van der Waals surface area contributed by atoms with Crippen molar-refractivity contribution in [2.75, 3.05) is 0 Å². The van der Waals surface area contributed by atoms with Crippen LogP contribution in [-0.2, 0) is 11.3 Å². The lowest BCUT2D eigenvalue weighted by Gasteiger charge is -2.06. The normalized spacial score (nSPS) is 11.1. The summed E-state index contributed by atoms with van der Waals surface area (Å²) in [6.45, 7) is 0.264. The van der Waals surface area contributed by atoms with Gasteiger partial charge >= 0.3 is 11.9 Å². The molecule has 0 saturated heterocycles. The average Bonchev–Trinajstić information content (AvgIpc) is 2.14. The first-order valence-corrected chi connectivity index (χ1v) is 4.77. The fourth-order valence-electron chi connectivity index (χ4n) is 0.947. The summed E-state index contributed by atoms with van der Waals surface area (Å²) in [4.78, 5) is 9.97. The predicted octanol–water partition coefficient (Wildman–Crippen LogP) is 2.46. The van der Waals surface area contributed by atoms with Gasteiger partial charge in [-0.15, -0.1) is 0 Å². The van der Waals surface area contributed by atoms with Crippen LogP contribution < -0.4 is 5.32 Å². The van der Waals surface area contributed by atoms with E-state index in [-0.39, 0.29) is 23.2 Å². The maximum absolute atomic E-state index is 11.9. The highest BCUT2D eigenvalue weighted by Gasteiger charge is 2.28. The molecule has 0 atom stereocenters. The lowest BCUT2D eigenvalue weighted by atomic mass is 10.2. The minimum absolute atomic E-state index is 0.126. The van der Waals surface area contributed by atoms with Crippen LogP contribution in [0, 0.1) is 0 Å². The van der Waals surface area contributed by atoms with Crippen molar-refractivity contribution in [3.63, 3.8) is 0 Å². The zero-order valence-corrected chi connectivity index (χ0v) is 8.28. The number of hydrogen-bond acceptors (Lipinski definition) is 2. The van der Waals surface area contributed by atoms with Crippen molar-refractivity contribution < 1.29 is 18.0 Å². The Hall–Kier alpha value is -1.17. The van der Waals surface area contributed by atoms with Crippen molar-refractivity contribution in [1.82, 2.24) is 5.32 Å². The molecule has 0 unspecified atom stereocenters. The third-order valence-electron chi connectivity index (χ3n) is 1.52. The van der Waals surface area contributed by atoms with Crippen molar-refractivity contribution in [3.8, 4) is 0 Å². The van der Waals surface area contributed by atoms with E-state index < -0.39 is 5.51 Å². The molecule has 0 aliphatic heterocycles. The summed E-state index contributed by atoms with van der Waals surface area (Å²) in [6.07, 6.45) is 1.48. The molecule has 0 heterocycles. The number of amides is 1. The molecule has 1 rings (SSSR count). The largest absolute Gasteiger partial charge is 0.446 e. The average molecular weight is 234 g/mol. The Labute approximate surface area is 88.9 Å². The summed E-state index contributed by atoms with van der Waals surface area (Å²) in [6, 6.07) is 5.77. The van der Waals surface area contributed by atoms with E-state index in [1.54, 1.807) is 0 Å². The second-order valence-corrected chi connectivity index (χ2v) is 3.79. The van der Waals surface area contributed by atoms with Gasteiger partial charge in [0.05, 0.1) is 0 Å². The maximum Gasteiger partial charge on any atom is 0.446 e. The third-order valence-corrected chi connectivity index (χ3v) is 2.26. The molecule has 0 aliphatic rings. The van der Waals surface area contributed by atoms with Crippen LogP contribution in [0.5, 0.6) is 0 Å². The molecule has 0 spiro atoms. The Morgan fingerprint density at radius 1 is 1.27 bits per heavy atom. The summed E-state index contributed by atoms with van der Waals surface area (Å²) < 4.78 is 35.8. The SMILES string of the molecule is O=[C]NCc1ccc(SC(F)(F)F)cc1. The van der Waals surface area contributed by atoms with Gasteiger partial charge in [0.25, 0.3) is 0 Å². The van der Waals surface area contributed by atoms with Crippen LogP contribution in [-0.4, -0.2) is 11.9 Å². The van der Waals surface area contributed by atoms with E-state index in [9.17, 15) is 18.0 Å². The molecular weight excluding hydrogens is 227 g/mol. The molecule has 15 heavy (non-hydrogen) atoms. The number of halogens is 3. The molecule has 0 aromatic heterocycles. The Kier molecular flexibility index (Phi) is 4.02. The van der Waals surface area contributed by atoms with Crippen molar-refractivity contribution in [3.05, 3.63) is 29.8 Å². The highest BCUT2D eigenvalue weighted by Crippen LogP contribution is 2.36. The second-order valence-electron chi connectivity index (χ2n) is 2.65. The Morgan fingerprint density at radius 2 is 1.87 bits per heavy atom. The van der Waals surface area contributed by atoms with Gasteiger partial charge < -0.3 is 5.32 Å². The van der Waals surface area contributed by atoms with E-state index in [2.05, 4.69) is 5.32 Å². The number of alkyl halides is 3. The lowest BCUT2D eigenvalue weighted by Crippen LogP contribution is -2.09. The zero-order chi connectivity index (χ0) is 11.3. The van der Waals surface area contributed by atoms with Gasteiger partial charge in [0.1, 0.15) is 0 Å². The fourth-order valence-corrected chi connectivity index (χ4v) is 1.49. The predicted molar refractivity (Wildman–Crippen MR) is 50.9 cm³/mol. The number of thioether (sulfide) groups is 1. The molecule has 0 fully saturated rings. The van der Waals surface area contributed by atoms with Crippen LogP contribution in [0.15, 0.2) is 29.2 Å². The smallest absolute Gasteiger partial charge is 0.344 e. The number of nitrogens with one attached hydrogen (secondary N) is 1. The van der Waals surface area contributed by atoms with Crippen LogP contribution in [0.25, 0.3) is 0 Å². The molecule has 1 N–H and O–H groups in total. The van der Waals surface area contributed by atoms with Crippen molar-refractivity contribution >= 4 is 18.2 Å². The highest BCUT2D eigenvalue weighted by molar-refractivity contribution is 8.00. The van der Waals surface area contributed by atoms with Crippen LogP contribution >= 0.6 is 11.8 Å². The molecule has 1 aromatic carbocycles. The second kappa shape index (κ2) is 5.06. The summed E-state index contributed by atoms with van der Waals surface area (Å²) in [7, 11) is 0. The topological polar surface area (TPSA) is 29.1 Å². The van der Waals surface area contributed by atoms with Gasteiger partial charge in [0.2, 0.25) is 0 Å². The van der Waals surface area contributed by atoms with E-state index >= 15 is 0 Å². The van der Waals surface area contributed by atoms with Gasteiger partial charge in [0, 0.05) is 11.4 Å². The molecule has 0 bridgehead atoms. The Morgan fingerprint density at radius 3 is 2.33 bits per heavy atom. The molecular formula is C9H7F3NOS.